The molecule has 0 aromatic heterocycles. The summed E-state index contributed by atoms with van der Waals surface area (Å²) in [5.74, 6) is 0.181. The normalized spacial score (nSPS) is 23.1. The predicted molar refractivity (Wildman–Crippen MR) is 76.3 cm³/mol. The van der Waals surface area contributed by atoms with Gasteiger partial charge >= 0.3 is 0 Å². The van der Waals surface area contributed by atoms with Gasteiger partial charge in [-0.3, -0.25) is 4.79 Å². The van der Waals surface area contributed by atoms with Crippen LogP contribution in [0.3, 0.4) is 0 Å². The van der Waals surface area contributed by atoms with Crippen LogP contribution in [0, 0.1) is 0 Å². The summed E-state index contributed by atoms with van der Waals surface area (Å²) >= 11 is 3.45. The lowest BCUT2D eigenvalue weighted by atomic mass is 9.98. The van der Waals surface area contributed by atoms with E-state index in [0.29, 0.717) is 6.54 Å². The van der Waals surface area contributed by atoms with Gasteiger partial charge in [0.15, 0.2) is 0 Å². The third kappa shape index (κ3) is 2.93. The second-order valence-corrected chi connectivity index (χ2v) is 6.07. The predicted octanol–water partition coefficient (Wildman–Crippen LogP) is 2.55. The minimum absolute atomic E-state index is 0.181. The van der Waals surface area contributed by atoms with E-state index in [1.165, 1.54) is 0 Å². The molecule has 1 aliphatic heterocycles. The van der Waals surface area contributed by atoms with E-state index < -0.39 is 0 Å². The van der Waals surface area contributed by atoms with Crippen LogP contribution in [0.5, 0.6) is 0 Å². The fourth-order valence-electron chi connectivity index (χ4n) is 2.48. The van der Waals surface area contributed by atoms with E-state index in [-0.39, 0.29) is 11.4 Å². The third-order valence-corrected chi connectivity index (χ3v) is 3.99. The van der Waals surface area contributed by atoms with Crippen LogP contribution < -0.4 is 5.32 Å². The SMILES string of the molecule is CN(Cc1cccc(Br)c1)C(=O)C1(C)CCCN1. The number of nitrogens with one attached hydrogen (secondary N) is 1. The van der Waals surface area contributed by atoms with Crippen molar-refractivity contribution in [2.24, 2.45) is 0 Å². The third-order valence-electron chi connectivity index (χ3n) is 3.50. The van der Waals surface area contributed by atoms with Crippen LogP contribution in [-0.2, 0) is 11.3 Å². The molecule has 18 heavy (non-hydrogen) atoms. The first-order chi connectivity index (χ1) is 8.51. The lowest BCUT2D eigenvalue weighted by Crippen LogP contribution is -2.51. The highest BCUT2D eigenvalue weighted by Gasteiger charge is 2.37. The molecule has 0 spiro atoms. The van der Waals surface area contributed by atoms with Crippen LogP contribution >= 0.6 is 15.9 Å². The molecule has 98 valence electrons. The van der Waals surface area contributed by atoms with E-state index in [4.69, 9.17) is 0 Å². The lowest BCUT2D eigenvalue weighted by Gasteiger charge is -2.29. The lowest BCUT2D eigenvalue weighted by molar-refractivity contribution is -0.136. The zero-order valence-electron chi connectivity index (χ0n) is 10.9. The monoisotopic (exact) mass is 310 g/mol. The van der Waals surface area contributed by atoms with Crippen molar-refractivity contribution < 1.29 is 4.79 Å². The molecule has 1 unspecified atom stereocenters. The molecule has 0 aliphatic carbocycles. The number of nitrogens with zero attached hydrogens (tertiary/aromatic N) is 1. The highest BCUT2D eigenvalue weighted by molar-refractivity contribution is 9.10. The first-order valence-electron chi connectivity index (χ1n) is 6.26. The van der Waals surface area contributed by atoms with Gasteiger partial charge in [0.05, 0.1) is 5.54 Å². The van der Waals surface area contributed by atoms with Gasteiger partial charge in [0, 0.05) is 18.1 Å². The van der Waals surface area contributed by atoms with Crippen LogP contribution in [0.4, 0.5) is 0 Å². The maximum absolute atomic E-state index is 12.4. The average Bonchev–Trinajstić information content (AvgIpc) is 2.76. The molecule has 1 aromatic carbocycles. The largest absolute Gasteiger partial charge is 0.340 e. The molecule has 2 rings (SSSR count). The van der Waals surface area contributed by atoms with Gasteiger partial charge in [0.2, 0.25) is 5.91 Å². The molecule has 1 N–H and O–H groups in total. The van der Waals surface area contributed by atoms with Crippen LogP contribution in [0.1, 0.15) is 25.3 Å². The molecule has 1 fully saturated rings. The van der Waals surface area contributed by atoms with Gasteiger partial charge in [-0.2, -0.15) is 0 Å². The second-order valence-electron chi connectivity index (χ2n) is 5.15. The van der Waals surface area contributed by atoms with E-state index >= 15 is 0 Å². The van der Waals surface area contributed by atoms with E-state index in [1.54, 1.807) is 4.90 Å². The molecule has 1 amide bonds. The first-order valence-corrected chi connectivity index (χ1v) is 7.06. The maximum Gasteiger partial charge on any atom is 0.242 e. The van der Waals surface area contributed by atoms with Gasteiger partial charge < -0.3 is 10.2 Å². The minimum atomic E-state index is -0.374. The van der Waals surface area contributed by atoms with Crippen LogP contribution in [-0.4, -0.2) is 29.9 Å². The Morgan fingerprint density at radius 1 is 1.56 bits per heavy atom. The molecule has 1 aromatic rings. The number of carbonyl (C=O) groups is 1. The van der Waals surface area contributed by atoms with Crippen LogP contribution in [0.25, 0.3) is 0 Å². The summed E-state index contributed by atoms with van der Waals surface area (Å²) in [5, 5.41) is 3.31. The van der Waals surface area contributed by atoms with Gasteiger partial charge in [0.25, 0.3) is 0 Å². The fourth-order valence-corrected chi connectivity index (χ4v) is 2.93. The standard InChI is InChI=1S/C14H19BrN2O/c1-14(7-4-8-16-14)13(18)17(2)10-11-5-3-6-12(15)9-11/h3,5-6,9,16H,4,7-8,10H2,1-2H3. The zero-order valence-corrected chi connectivity index (χ0v) is 12.5. The van der Waals surface area contributed by atoms with Gasteiger partial charge in [-0.05, 0) is 44.0 Å². The number of hydrogen-bond acceptors (Lipinski definition) is 2. The number of likely N-dealkylation sites (N-methyl/N-ethyl adjacent to an activating group) is 1. The van der Waals surface area contributed by atoms with E-state index in [0.717, 1.165) is 29.4 Å². The Bertz CT molecular complexity index is 441. The molecule has 0 bridgehead atoms. The molecule has 1 saturated heterocycles. The molecule has 1 atom stereocenters. The molecule has 4 heteroatoms. The topological polar surface area (TPSA) is 32.3 Å². The Hall–Kier alpha value is -0.870. The summed E-state index contributed by atoms with van der Waals surface area (Å²) in [6.45, 7) is 3.59. The fraction of sp³-hybridized carbons (Fsp3) is 0.500. The van der Waals surface area contributed by atoms with Crippen molar-refractivity contribution in [2.75, 3.05) is 13.6 Å². The van der Waals surface area contributed by atoms with Crippen molar-refractivity contribution in [3.63, 3.8) is 0 Å². The molecule has 1 aliphatic rings. The molecular formula is C14H19BrN2O. The highest BCUT2D eigenvalue weighted by atomic mass is 79.9. The summed E-state index contributed by atoms with van der Waals surface area (Å²) in [6.07, 6.45) is 2.00. The summed E-state index contributed by atoms with van der Waals surface area (Å²) in [6, 6.07) is 8.07. The Morgan fingerprint density at radius 3 is 2.94 bits per heavy atom. The highest BCUT2D eigenvalue weighted by Crippen LogP contribution is 2.22. The number of halogens is 1. The zero-order chi connectivity index (χ0) is 13.2. The van der Waals surface area contributed by atoms with Crippen LogP contribution in [0.15, 0.2) is 28.7 Å². The number of carbonyl (C=O) groups excluding carboxylic acids is 1. The van der Waals surface area contributed by atoms with Crippen molar-refractivity contribution >= 4 is 21.8 Å². The summed E-state index contributed by atoms with van der Waals surface area (Å²) < 4.78 is 1.05. The first kappa shape index (κ1) is 13.6. The van der Waals surface area contributed by atoms with Crippen molar-refractivity contribution in [1.82, 2.24) is 10.2 Å². The van der Waals surface area contributed by atoms with Gasteiger partial charge in [0.1, 0.15) is 0 Å². The number of rotatable bonds is 3. The molecule has 0 saturated carbocycles. The van der Waals surface area contributed by atoms with E-state index in [1.807, 2.05) is 38.2 Å². The molecule has 3 nitrogen and oxygen atoms in total. The van der Waals surface area contributed by atoms with E-state index in [2.05, 4.69) is 21.2 Å². The summed E-state index contributed by atoms with van der Waals surface area (Å²) in [7, 11) is 1.87. The smallest absolute Gasteiger partial charge is 0.242 e. The Labute approximate surface area is 117 Å². The van der Waals surface area contributed by atoms with Crippen LogP contribution in [0.2, 0.25) is 0 Å². The Morgan fingerprint density at radius 2 is 2.33 bits per heavy atom. The average molecular weight is 311 g/mol. The minimum Gasteiger partial charge on any atom is -0.340 e. The van der Waals surface area contributed by atoms with Gasteiger partial charge in [-0.1, -0.05) is 28.1 Å². The van der Waals surface area contributed by atoms with Crippen molar-refractivity contribution in [3.05, 3.63) is 34.3 Å². The Balaban J connectivity index is 2.03. The van der Waals surface area contributed by atoms with Crippen molar-refractivity contribution in [3.8, 4) is 0 Å². The maximum atomic E-state index is 12.4. The summed E-state index contributed by atoms with van der Waals surface area (Å²) in [4.78, 5) is 14.2. The second kappa shape index (κ2) is 5.41. The summed E-state index contributed by atoms with van der Waals surface area (Å²) in [5.41, 5.74) is 0.766. The quantitative estimate of drug-likeness (QED) is 0.930. The van der Waals surface area contributed by atoms with Crippen molar-refractivity contribution in [1.29, 1.82) is 0 Å². The van der Waals surface area contributed by atoms with Gasteiger partial charge in [-0.15, -0.1) is 0 Å². The number of benzene rings is 1. The van der Waals surface area contributed by atoms with Crippen molar-refractivity contribution in [2.45, 2.75) is 31.8 Å². The number of hydrogen-bond donors (Lipinski definition) is 1. The molecule has 0 radical (unpaired) electrons. The molecule has 1 heterocycles. The number of amides is 1. The Kier molecular flexibility index (Phi) is 4.07. The van der Waals surface area contributed by atoms with E-state index in [9.17, 15) is 4.79 Å². The molecular weight excluding hydrogens is 292 g/mol. The van der Waals surface area contributed by atoms with Gasteiger partial charge in [-0.25, -0.2) is 0 Å².